The lowest BCUT2D eigenvalue weighted by Gasteiger charge is -2.39. The molecule has 2 unspecified atom stereocenters. The van der Waals surface area contributed by atoms with Crippen LogP contribution in [0.3, 0.4) is 0 Å². The maximum atomic E-state index is 12.5. The number of anilines is 1. The Morgan fingerprint density at radius 2 is 2.12 bits per heavy atom. The fourth-order valence-corrected chi connectivity index (χ4v) is 7.36. The number of pyridine rings is 1. The Morgan fingerprint density at radius 3 is 2.90 bits per heavy atom. The second-order valence-electron chi connectivity index (χ2n) is 12.0. The van der Waals surface area contributed by atoms with Gasteiger partial charge in [-0.3, -0.25) is 4.79 Å². The summed E-state index contributed by atoms with van der Waals surface area (Å²) in [6.07, 6.45) is 5.91. The molecule has 216 valence electrons. The number of likely N-dealkylation sites (N-methyl/N-ethyl adjacent to an activating group) is 1. The molecule has 9 nitrogen and oxygen atoms in total. The predicted octanol–water partition coefficient (Wildman–Crippen LogP) is 4.60. The second-order valence-corrected chi connectivity index (χ2v) is 12.4. The Morgan fingerprint density at radius 1 is 1.24 bits per heavy atom. The number of nitrogens with zero attached hydrogens (tertiary/aromatic N) is 7. The zero-order valence-electron chi connectivity index (χ0n) is 23.8. The van der Waals surface area contributed by atoms with E-state index in [4.69, 9.17) is 37.9 Å². The van der Waals surface area contributed by atoms with E-state index in [1.165, 1.54) is 23.6 Å². The van der Waals surface area contributed by atoms with Crippen LogP contribution in [0.5, 0.6) is 6.01 Å². The fourth-order valence-electron chi connectivity index (χ4n) is 7.11. The molecule has 2 aromatic heterocycles. The van der Waals surface area contributed by atoms with Crippen LogP contribution in [-0.2, 0) is 11.2 Å². The van der Waals surface area contributed by atoms with Crippen molar-refractivity contribution in [3.8, 4) is 17.3 Å². The van der Waals surface area contributed by atoms with Crippen molar-refractivity contribution in [3.05, 3.63) is 64.5 Å². The number of aromatic nitrogens is 3. The Kier molecular flexibility index (Phi) is 6.99. The van der Waals surface area contributed by atoms with Crippen molar-refractivity contribution < 1.29 is 9.53 Å². The third-order valence-corrected chi connectivity index (χ3v) is 9.73. The van der Waals surface area contributed by atoms with Gasteiger partial charge in [0.15, 0.2) is 5.65 Å². The van der Waals surface area contributed by atoms with Crippen LogP contribution < -0.4 is 9.64 Å². The maximum absolute atomic E-state index is 12.5. The summed E-state index contributed by atoms with van der Waals surface area (Å²) < 4.78 is 6.23. The summed E-state index contributed by atoms with van der Waals surface area (Å²) in [5.74, 6) is 1.85. The zero-order valence-corrected chi connectivity index (χ0v) is 24.6. The highest BCUT2D eigenvalue weighted by Gasteiger charge is 2.46. The molecule has 1 saturated carbocycles. The van der Waals surface area contributed by atoms with Gasteiger partial charge in [-0.05, 0) is 74.4 Å². The van der Waals surface area contributed by atoms with E-state index < -0.39 is 0 Å². The Bertz CT molecular complexity index is 1620. The summed E-state index contributed by atoms with van der Waals surface area (Å²) in [5, 5.41) is 1.29. The molecule has 4 atom stereocenters. The van der Waals surface area contributed by atoms with E-state index in [1.54, 1.807) is 4.90 Å². The van der Waals surface area contributed by atoms with Gasteiger partial charge in [-0.15, -0.1) is 0 Å². The lowest BCUT2D eigenvalue weighted by molar-refractivity contribution is -0.128. The van der Waals surface area contributed by atoms with Crippen LogP contribution >= 0.6 is 11.6 Å². The molecular formula is C32H34ClN7O2. The molecule has 2 aliphatic carbocycles. The molecular weight excluding hydrogens is 550 g/mol. The highest BCUT2D eigenvalue weighted by Crippen LogP contribution is 2.58. The van der Waals surface area contributed by atoms with Crippen molar-refractivity contribution in [1.82, 2.24) is 24.8 Å². The number of benzene rings is 1. The number of fused-ring (bicyclic) bond motifs is 4. The SMILES string of the molecule is [C-]#[N+]C[C@H]1CN(c2nc(OC[C@@H]3CCCN3C)nc3nc(-c4cccc5c4C4CC4C5)c(Cl)cc23)CCN1C(=O)C=C. The molecule has 1 amide bonds. The molecule has 0 N–H and O–H groups in total. The van der Waals surface area contributed by atoms with E-state index in [9.17, 15) is 4.79 Å². The molecule has 42 heavy (non-hydrogen) atoms. The second kappa shape index (κ2) is 10.8. The van der Waals surface area contributed by atoms with E-state index in [2.05, 4.69) is 46.5 Å². The normalized spacial score (nSPS) is 24.8. The highest BCUT2D eigenvalue weighted by atomic mass is 35.5. The van der Waals surface area contributed by atoms with E-state index in [-0.39, 0.29) is 24.5 Å². The lowest BCUT2D eigenvalue weighted by Crippen LogP contribution is -2.56. The van der Waals surface area contributed by atoms with Crippen molar-refractivity contribution >= 4 is 34.4 Å². The molecule has 4 heterocycles. The molecule has 4 aliphatic rings. The summed E-state index contributed by atoms with van der Waals surface area (Å²) in [5.41, 5.74) is 5.15. The van der Waals surface area contributed by atoms with Crippen molar-refractivity contribution in [2.75, 3.05) is 51.3 Å². The minimum atomic E-state index is -0.288. The lowest BCUT2D eigenvalue weighted by atomic mass is 9.97. The molecule has 3 fully saturated rings. The number of ether oxygens (including phenoxy) is 1. The first-order chi connectivity index (χ1) is 20.4. The van der Waals surface area contributed by atoms with Gasteiger partial charge in [-0.2, -0.15) is 9.97 Å². The standard InChI is InChI=1S/C32H34ClN7O2/c1-4-27(41)40-12-11-39(17-22(40)16-34-2)31-25-15-26(33)29(23-9-5-7-19-13-20-14-24(20)28(19)23)35-30(25)36-32(37-31)42-18-21-8-6-10-38(21)3/h4-5,7,9,15,20-22,24H,1,6,8,10-14,16-18H2,3H3/t20?,21-,22-,24?/m0/s1. The maximum Gasteiger partial charge on any atom is 0.320 e. The fraction of sp³-hybridized carbons (Fsp3) is 0.469. The van der Waals surface area contributed by atoms with Gasteiger partial charge in [0.25, 0.3) is 0 Å². The predicted molar refractivity (Wildman–Crippen MR) is 163 cm³/mol. The number of rotatable bonds is 7. The Hall–Kier alpha value is -3.74. The number of carbonyl (C=O) groups excluding carboxylic acids is 1. The number of piperazine rings is 1. The molecule has 0 spiro atoms. The number of likely N-dealkylation sites (tertiary alicyclic amines) is 1. The zero-order chi connectivity index (χ0) is 29.0. The molecule has 2 aliphatic heterocycles. The molecule has 2 saturated heterocycles. The van der Waals surface area contributed by atoms with Gasteiger partial charge >= 0.3 is 6.01 Å². The number of hydrogen-bond acceptors (Lipinski definition) is 7. The van der Waals surface area contributed by atoms with Crippen molar-refractivity contribution in [1.29, 1.82) is 0 Å². The van der Waals surface area contributed by atoms with Gasteiger partial charge in [-0.1, -0.05) is 36.4 Å². The molecule has 3 aromatic rings. The van der Waals surface area contributed by atoms with Gasteiger partial charge in [0.1, 0.15) is 18.5 Å². The molecule has 10 heteroatoms. The minimum Gasteiger partial charge on any atom is -0.462 e. The number of carbonyl (C=O) groups is 1. The summed E-state index contributed by atoms with van der Waals surface area (Å²) >= 11 is 7.00. The largest absolute Gasteiger partial charge is 0.462 e. The molecule has 1 aromatic carbocycles. The van der Waals surface area contributed by atoms with Crippen LogP contribution in [0, 0.1) is 12.5 Å². The van der Waals surface area contributed by atoms with Crippen LogP contribution in [0.1, 0.15) is 36.3 Å². The summed E-state index contributed by atoms with van der Waals surface area (Å²) in [4.78, 5) is 37.0. The van der Waals surface area contributed by atoms with Crippen LogP contribution in [0.25, 0.3) is 27.1 Å². The van der Waals surface area contributed by atoms with Gasteiger partial charge < -0.3 is 24.3 Å². The van der Waals surface area contributed by atoms with Crippen molar-refractivity contribution in [2.45, 2.75) is 43.7 Å². The monoisotopic (exact) mass is 583 g/mol. The molecule has 0 bridgehead atoms. The van der Waals surface area contributed by atoms with Crippen molar-refractivity contribution in [3.63, 3.8) is 0 Å². The first kappa shape index (κ1) is 27.1. The van der Waals surface area contributed by atoms with Crippen LogP contribution in [0.2, 0.25) is 5.02 Å². The average molecular weight is 584 g/mol. The molecule has 7 rings (SSSR count). The third kappa shape index (κ3) is 4.77. The van der Waals surface area contributed by atoms with Crippen LogP contribution in [0.4, 0.5) is 5.82 Å². The topological polar surface area (TPSA) is 79.1 Å². The highest BCUT2D eigenvalue weighted by molar-refractivity contribution is 6.34. The smallest absolute Gasteiger partial charge is 0.320 e. The minimum absolute atomic E-state index is 0.164. The van der Waals surface area contributed by atoms with Crippen molar-refractivity contribution in [2.24, 2.45) is 5.92 Å². The van der Waals surface area contributed by atoms with Gasteiger partial charge in [0.2, 0.25) is 12.5 Å². The van der Waals surface area contributed by atoms with E-state index in [0.29, 0.717) is 54.7 Å². The summed E-state index contributed by atoms with van der Waals surface area (Å²) in [6, 6.07) is 8.68. The third-order valence-electron chi connectivity index (χ3n) is 9.45. The summed E-state index contributed by atoms with van der Waals surface area (Å²) in [7, 11) is 2.12. The quantitative estimate of drug-likeness (QED) is 0.297. The van der Waals surface area contributed by atoms with Crippen LogP contribution in [0.15, 0.2) is 36.9 Å². The Labute approximate surface area is 251 Å². The molecule has 0 radical (unpaired) electrons. The van der Waals surface area contributed by atoms with E-state index >= 15 is 0 Å². The average Bonchev–Trinajstić information content (AvgIpc) is 3.47. The Balaban J connectivity index is 1.29. The number of halogens is 1. The van der Waals surface area contributed by atoms with E-state index in [1.807, 2.05) is 6.07 Å². The van der Waals surface area contributed by atoms with Gasteiger partial charge in [0, 0.05) is 31.2 Å². The number of hydrogen-bond donors (Lipinski definition) is 0. The first-order valence-corrected chi connectivity index (χ1v) is 15.2. The first-order valence-electron chi connectivity index (χ1n) is 14.8. The van der Waals surface area contributed by atoms with Gasteiger partial charge in [0.05, 0.1) is 16.1 Å². The van der Waals surface area contributed by atoms with Crippen LogP contribution in [-0.4, -0.2) is 89.1 Å². The van der Waals surface area contributed by atoms with Gasteiger partial charge in [-0.25, -0.2) is 11.6 Å². The van der Waals surface area contributed by atoms with E-state index in [0.717, 1.165) is 48.4 Å². The number of amides is 1. The summed E-state index contributed by atoms with van der Waals surface area (Å²) in [6.45, 7) is 14.3.